The first-order valence-corrected chi connectivity index (χ1v) is 9.07. The minimum absolute atomic E-state index is 0.0525. The van der Waals surface area contributed by atoms with Gasteiger partial charge < -0.3 is 16.0 Å². The molecule has 0 bridgehead atoms. The van der Waals surface area contributed by atoms with Gasteiger partial charge in [-0.2, -0.15) is 0 Å². The van der Waals surface area contributed by atoms with Gasteiger partial charge in [0.1, 0.15) is 0 Å². The summed E-state index contributed by atoms with van der Waals surface area (Å²) in [5, 5.41) is 8.71. The van der Waals surface area contributed by atoms with Crippen LogP contribution in [0.15, 0.2) is 42.5 Å². The Morgan fingerprint density at radius 2 is 1.62 bits per heavy atom. The number of hydrogen-bond acceptors (Lipinski definition) is 2. The van der Waals surface area contributed by atoms with Crippen LogP contribution in [0.5, 0.6) is 0 Å². The van der Waals surface area contributed by atoms with Gasteiger partial charge in [0, 0.05) is 23.0 Å². The number of hydrogen-bond donors (Lipinski definition) is 3. The summed E-state index contributed by atoms with van der Waals surface area (Å²) in [6, 6.07) is 12.9. The molecule has 3 amide bonds. The predicted molar refractivity (Wildman–Crippen MR) is 105 cm³/mol. The van der Waals surface area contributed by atoms with Crippen LogP contribution >= 0.6 is 0 Å². The molecular formula is C21H25N3O2. The van der Waals surface area contributed by atoms with Crippen LogP contribution in [0.1, 0.15) is 47.2 Å². The highest BCUT2D eigenvalue weighted by Gasteiger charge is 2.17. The summed E-state index contributed by atoms with van der Waals surface area (Å²) in [6.07, 6.45) is 4.49. The summed E-state index contributed by atoms with van der Waals surface area (Å²) in [7, 11) is 0. The van der Waals surface area contributed by atoms with Crippen molar-refractivity contribution in [2.24, 2.45) is 0 Å². The number of urea groups is 1. The van der Waals surface area contributed by atoms with Crippen molar-refractivity contribution in [2.75, 3.05) is 10.6 Å². The minimum atomic E-state index is -0.304. The molecule has 2 aromatic carbocycles. The Hall–Kier alpha value is -2.82. The van der Waals surface area contributed by atoms with E-state index in [2.05, 4.69) is 16.0 Å². The number of aryl methyl sites for hydroxylation is 2. The van der Waals surface area contributed by atoms with Crippen molar-refractivity contribution in [2.45, 2.75) is 45.6 Å². The Morgan fingerprint density at radius 1 is 0.923 bits per heavy atom. The fourth-order valence-electron chi connectivity index (χ4n) is 3.20. The van der Waals surface area contributed by atoms with Crippen molar-refractivity contribution in [1.29, 1.82) is 0 Å². The Labute approximate surface area is 154 Å². The lowest BCUT2D eigenvalue weighted by Crippen LogP contribution is -2.32. The molecular weight excluding hydrogens is 326 g/mol. The average Bonchev–Trinajstić information content (AvgIpc) is 3.11. The van der Waals surface area contributed by atoms with Gasteiger partial charge in [-0.1, -0.05) is 25.0 Å². The summed E-state index contributed by atoms with van der Waals surface area (Å²) >= 11 is 0. The van der Waals surface area contributed by atoms with Crippen LogP contribution in [0, 0.1) is 13.8 Å². The maximum atomic E-state index is 12.2. The second kappa shape index (κ2) is 8.04. The molecule has 0 atom stereocenters. The van der Waals surface area contributed by atoms with E-state index < -0.39 is 0 Å². The first-order valence-electron chi connectivity index (χ1n) is 9.07. The fourth-order valence-corrected chi connectivity index (χ4v) is 3.20. The van der Waals surface area contributed by atoms with E-state index in [1.54, 1.807) is 24.3 Å². The number of anilines is 2. The number of rotatable bonds is 4. The van der Waals surface area contributed by atoms with Gasteiger partial charge in [-0.25, -0.2) is 4.79 Å². The second-order valence-corrected chi connectivity index (χ2v) is 6.93. The quantitative estimate of drug-likeness (QED) is 0.752. The van der Waals surface area contributed by atoms with E-state index in [-0.39, 0.29) is 11.9 Å². The molecule has 1 fully saturated rings. The number of amides is 3. The van der Waals surface area contributed by atoms with Gasteiger partial charge in [0.25, 0.3) is 5.91 Å². The zero-order valence-corrected chi connectivity index (χ0v) is 15.3. The lowest BCUT2D eigenvalue weighted by Gasteiger charge is -2.13. The molecule has 1 saturated carbocycles. The number of benzene rings is 2. The molecule has 0 unspecified atom stereocenters. The predicted octanol–water partition coefficient (Wildman–Crippen LogP) is 4.62. The molecule has 1 aliphatic carbocycles. The molecule has 0 saturated heterocycles. The molecule has 0 heterocycles. The van der Waals surface area contributed by atoms with E-state index in [1.165, 1.54) is 12.8 Å². The zero-order chi connectivity index (χ0) is 18.5. The van der Waals surface area contributed by atoms with Gasteiger partial charge in [-0.3, -0.25) is 4.79 Å². The first kappa shape index (κ1) is 18.0. The van der Waals surface area contributed by atoms with Gasteiger partial charge >= 0.3 is 6.03 Å². The van der Waals surface area contributed by atoms with E-state index >= 15 is 0 Å². The van der Waals surface area contributed by atoms with Crippen molar-refractivity contribution in [1.82, 2.24) is 5.32 Å². The molecule has 0 radical (unpaired) electrons. The average molecular weight is 351 g/mol. The molecule has 0 aromatic heterocycles. The van der Waals surface area contributed by atoms with Crippen LogP contribution in [-0.4, -0.2) is 18.0 Å². The lowest BCUT2D eigenvalue weighted by atomic mass is 10.1. The molecule has 0 spiro atoms. The van der Waals surface area contributed by atoms with Crippen molar-refractivity contribution in [3.8, 4) is 0 Å². The standard InChI is InChI=1S/C21H25N3O2/c1-14-7-8-15(2)19(13-14)24-21(26)23-18-11-9-16(10-12-18)20(25)22-17-5-3-4-6-17/h7-13,17H,3-6H2,1-2H3,(H,22,25)(H2,23,24,26). The van der Waals surface area contributed by atoms with Gasteiger partial charge in [-0.05, 0) is 68.1 Å². The van der Waals surface area contributed by atoms with E-state index in [0.29, 0.717) is 17.3 Å². The number of nitrogens with one attached hydrogen (secondary N) is 3. The fraction of sp³-hybridized carbons (Fsp3) is 0.333. The molecule has 3 N–H and O–H groups in total. The maximum absolute atomic E-state index is 12.2. The molecule has 1 aliphatic rings. The molecule has 3 rings (SSSR count). The molecule has 26 heavy (non-hydrogen) atoms. The van der Waals surface area contributed by atoms with E-state index in [4.69, 9.17) is 0 Å². The third kappa shape index (κ3) is 4.63. The van der Waals surface area contributed by atoms with Gasteiger partial charge in [0.2, 0.25) is 0 Å². The van der Waals surface area contributed by atoms with Crippen LogP contribution in [0.25, 0.3) is 0 Å². The van der Waals surface area contributed by atoms with E-state index in [0.717, 1.165) is 29.7 Å². The van der Waals surface area contributed by atoms with Crippen molar-refractivity contribution < 1.29 is 9.59 Å². The number of carbonyl (C=O) groups is 2. The van der Waals surface area contributed by atoms with E-state index in [1.807, 2.05) is 32.0 Å². The minimum Gasteiger partial charge on any atom is -0.349 e. The highest BCUT2D eigenvalue weighted by atomic mass is 16.2. The van der Waals surface area contributed by atoms with Gasteiger partial charge in [0.05, 0.1) is 0 Å². The summed E-state index contributed by atoms with van der Waals surface area (Å²) in [5.41, 5.74) is 4.13. The molecule has 5 heteroatoms. The van der Waals surface area contributed by atoms with Crippen LogP contribution in [-0.2, 0) is 0 Å². The topological polar surface area (TPSA) is 70.2 Å². The smallest absolute Gasteiger partial charge is 0.323 e. The number of carbonyl (C=O) groups excluding carboxylic acids is 2. The van der Waals surface area contributed by atoms with Crippen molar-refractivity contribution >= 4 is 23.3 Å². The lowest BCUT2D eigenvalue weighted by molar-refractivity contribution is 0.0938. The zero-order valence-electron chi connectivity index (χ0n) is 15.3. The highest BCUT2D eigenvalue weighted by molar-refractivity contribution is 6.01. The van der Waals surface area contributed by atoms with Crippen molar-refractivity contribution in [3.63, 3.8) is 0 Å². The van der Waals surface area contributed by atoms with Gasteiger partial charge in [0.15, 0.2) is 0 Å². The Kier molecular flexibility index (Phi) is 5.56. The molecule has 136 valence electrons. The Bertz CT molecular complexity index is 793. The van der Waals surface area contributed by atoms with Crippen LogP contribution in [0.3, 0.4) is 0 Å². The Morgan fingerprint density at radius 3 is 2.31 bits per heavy atom. The molecule has 2 aromatic rings. The normalized spacial score (nSPS) is 14.1. The third-order valence-electron chi connectivity index (χ3n) is 4.74. The molecule has 0 aliphatic heterocycles. The van der Waals surface area contributed by atoms with Crippen LogP contribution in [0.2, 0.25) is 0 Å². The Balaban J connectivity index is 1.57. The molecule has 5 nitrogen and oxygen atoms in total. The maximum Gasteiger partial charge on any atom is 0.323 e. The summed E-state index contributed by atoms with van der Waals surface area (Å²) in [5.74, 6) is -0.0525. The summed E-state index contributed by atoms with van der Waals surface area (Å²) < 4.78 is 0. The van der Waals surface area contributed by atoms with E-state index in [9.17, 15) is 9.59 Å². The second-order valence-electron chi connectivity index (χ2n) is 6.93. The van der Waals surface area contributed by atoms with Crippen LogP contribution < -0.4 is 16.0 Å². The largest absolute Gasteiger partial charge is 0.349 e. The van der Waals surface area contributed by atoms with Crippen molar-refractivity contribution in [3.05, 3.63) is 59.2 Å². The summed E-state index contributed by atoms with van der Waals surface area (Å²) in [6.45, 7) is 3.94. The van der Waals surface area contributed by atoms with Crippen LogP contribution in [0.4, 0.5) is 16.2 Å². The summed E-state index contributed by atoms with van der Waals surface area (Å²) in [4.78, 5) is 24.4. The van der Waals surface area contributed by atoms with Gasteiger partial charge in [-0.15, -0.1) is 0 Å². The SMILES string of the molecule is Cc1ccc(C)c(NC(=O)Nc2ccc(C(=O)NC3CCCC3)cc2)c1. The monoisotopic (exact) mass is 351 g/mol. The first-order chi connectivity index (χ1) is 12.5. The third-order valence-corrected chi connectivity index (χ3v) is 4.74. The highest BCUT2D eigenvalue weighted by Crippen LogP contribution is 2.19.